The summed E-state index contributed by atoms with van der Waals surface area (Å²) in [6.45, 7) is 2.41. The van der Waals surface area contributed by atoms with Crippen molar-refractivity contribution < 1.29 is 4.79 Å². The maximum Gasteiger partial charge on any atom is 0.326 e. The summed E-state index contributed by atoms with van der Waals surface area (Å²) in [5, 5.41) is 0. The highest BCUT2D eigenvalue weighted by Crippen LogP contribution is 2.27. The Morgan fingerprint density at radius 1 is 1.08 bits per heavy atom. The number of aromatic amines is 1. The lowest BCUT2D eigenvalue weighted by Crippen LogP contribution is -2.46. The molecule has 0 atom stereocenters. The molecule has 0 aliphatic carbocycles. The summed E-state index contributed by atoms with van der Waals surface area (Å²) in [4.78, 5) is 32.9. The van der Waals surface area contributed by atoms with Gasteiger partial charge in [0.25, 0.3) is 0 Å². The minimum absolute atomic E-state index is 0.0176. The van der Waals surface area contributed by atoms with Crippen molar-refractivity contribution in [3.63, 3.8) is 0 Å². The van der Waals surface area contributed by atoms with Crippen LogP contribution in [0.1, 0.15) is 18.9 Å². The third-order valence-electron chi connectivity index (χ3n) is 5.23. The number of para-hydroxylation sites is 2. The quantitative estimate of drug-likeness (QED) is 0.906. The lowest BCUT2D eigenvalue weighted by atomic mass is 10.0. The van der Waals surface area contributed by atoms with Gasteiger partial charge in [0.05, 0.1) is 17.6 Å². The second kappa shape index (κ2) is 5.98. The van der Waals surface area contributed by atoms with Crippen molar-refractivity contribution in [1.82, 2.24) is 24.3 Å². The normalized spacial score (nSPS) is 19.7. The van der Waals surface area contributed by atoms with Gasteiger partial charge < -0.3 is 19.7 Å². The molecule has 1 fully saturated rings. The van der Waals surface area contributed by atoms with E-state index in [2.05, 4.69) is 9.88 Å². The Kier molecular flexibility index (Phi) is 3.78. The maximum atomic E-state index is 12.4. The summed E-state index contributed by atoms with van der Waals surface area (Å²) < 4.78 is 1.91. The van der Waals surface area contributed by atoms with E-state index in [1.165, 1.54) is 0 Å². The van der Waals surface area contributed by atoms with E-state index >= 15 is 0 Å². The van der Waals surface area contributed by atoms with Crippen molar-refractivity contribution in [2.75, 3.05) is 33.7 Å². The van der Waals surface area contributed by atoms with Crippen molar-refractivity contribution in [3.05, 3.63) is 46.6 Å². The molecule has 3 heterocycles. The van der Waals surface area contributed by atoms with Gasteiger partial charge in [-0.3, -0.25) is 4.57 Å². The third-order valence-corrected chi connectivity index (χ3v) is 5.23. The van der Waals surface area contributed by atoms with Gasteiger partial charge >= 0.3 is 11.7 Å². The minimum atomic E-state index is -0.0263. The molecule has 7 heteroatoms. The monoisotopic (exact) mass is 341 g/mol. The zero-order valence-corrected chi connectivity index (χ0v) is 14.6. The summed E-state index contributed by atoms with van der Waals surface area (Å²) in [7, 11) is 3.61. The number of rotatable bonds is 2. The number of imidazole rings is 1. The first kappa shape index (κ1) is 15.8. The van der Waals surface area contributed by atoms with Gasteiger partial charge in [-0.15, -0.1) is 0 Å². The molecule has 0 unspecified atom stereocenters. The first-order valence-corrected chi connectivity index (χ1v) is 8.67. The Balaban J connectivity index is 1.52. The van der Waals surface area contributed by atoms with Crippen LogP contribution in [0, 0.1) is 0 Å². The summed E-state index contributed by atoms with van der Waals surface area (Å²) in [6.07, 6.45) is 3.77. The number of nitrogens with zero attached hydrogens (tertiary/aromatic N) is 4. The lowest BCUT2D eigenvalue weighted by molar-refractivity contribution is 0.163. The third kappa shape index (κ3) is 2.69. The summed E-state index contributed by atoms with van der Waals surface area (Å²) >= 11 is 0. The highest BCUT2D eigenvalue weighted by atomic mass is 16.2. The molecule has 0 radical (unpaired) electrons. The van der Waals surface area contributed by atoms with Crippen LogP contribution < -0.4 is 5.69 Å². The minimum Gasteiger partial charge on any atom is -0.372 e. The van der Waals surface area contributed by atoms with Crippen molar-refractivity contribution in [2.45, 2.75) is 18.9 Å². The Morgan fingerprint density at radius 3 is 2.52 bits per heavy atom. The zero-order chi connectivity index (χ0) is 17.6. The van der Waals surface area contributed by atoms with Crippen LogP contribution in [0.2, 0.25) is 0 Å². The number of carbonyl (C=O) groups is 1. The Labute approximate surface area is 146 Å². The van der Waals surface area contributed by atoms with Gasteiger partial charge in [-0.05, 0) is 25.0 Å². The maximum absolute atomic E-state index is 12.4. The molecule has 4 rings (SSSR count). The van der Waals surface area contributed by atoms with Crippen LogP contribution >= 0.6 is 0 Å². The van der Waals surface area contributed by atoms with Crippen molar-refractivity contribution in [1.29, 1.82) is 0 Å². The van der Waals surface area contributed by atoms with E-state index in [-0.39, 0.29) is 17.8 Å². The molecule has 1 aromatic carbocycles. The van der Waals surface area contributed by atoms with Gasteiger partial charge in [-0.2, -0.15) is 0 Å². The molecule has 2 aliphatic rings. The number of benzene rings is 1. The molecule has 0 spiro atoms. The van der Waals surface area contributed by atoms with Crippen LogP contribution in [0.5, 0.6) is 0 Å². The predicted molar refractivity (Wildman–Crippen MR) is 96.3 cm³/mol. The second-order valence-electron chi connectivity index (χ2n) is 6.91. The molecule has 2 aliphatic heterocycles. The number of likely N-dealkylation sites (tertiary alicyclic amines) is 1. The van der Waals surface area contributed by atoms with Gasteiger partial charge in [0.1, 0.15) is 0 Å². The number of hydrogen-bond acceptors (Lipinski definition) is 3. The van der Waals surface area contributed by atoms with Gasteiger partial charge in [0.2, 0.25) is 0 Å². The molecule has 1 aromatic heterocycles. The van der Waals surface area contributed by atoms with E-state index in [0.717, 1.165) is 42.7 Å². The highest BCUT2D eigenvalue weighted by molar-refractivity contribution is 5.76. The second-order valence-corrected chi connectivity index (χ2v) is 6.91. The summed E-state index contributed by atoms with van der Waals surface area (Å²) in [6, 6.07) is 8.08. The largest absolute Gasteiger partial charge is 0.372 e. The molecule has 7 nitrogen and oxygen atoms in total. The van der Waals surface area contributed by atoms with Crippen LogP contribution in [0.25, 0.3) is 11.0 Å². The van der Waals surface area contributed by atoms with Gasteiger partial charge in [-0.1, -0.05) is 12.1 Å². The van der Waals surface area contributed by atoms with Crippen LogP contribution in [0.3, 0.4) is 0 Å². The number of urea groups is 1. The highest BCUT2D eigenvalue weighted by Gasteiger charge is 2.28. The molecule has 0 bridgehead atoms. The fraction of sp³-hybridized carbons (Fsp3) is 0.444. The smallest absolute Gasteiger partial charge is 0.326 e. The molecule has 0 saturated carbocycles. The van der Waals surface area contributed by atoms with Crippen LogP contribution in [0.4, 0.5) is 4.79 Å². The van der Waals surface area contributed by atoms with E-state index in [1.807, 2.05) is 42.1 Å². The molecule has 1 N–H and O–H groups in total. The molecule has 1 saturated heterocycles. The summed E-state index contributed by atoms with van der Waals surface area (Å²) in [5.74, 6) is 0. The van der Waals surface area contributed by atoms with Crippen LogP contribution in [-0.4, -0.2) is 64.0 Å². The number of piperidine rings is 1. The standard InChI is InChI=1S/C18H23N5O2/c1-20-11-14(12-21(2)18(20)25)22-9-7-13(8-10-22)23-16-6-4-3-5-15(16)19-17(23)24/h3-6,11,13H,7-10,12H2,1-2H3,(H,19,24). The molecule has 2 amide bonds. The zero-order valence-electron chi connectivity index (χ0n) is 14.6. The average molecular weight is 341 g/mol. The number of aromatic nitrogens is 2. The SMILES string of the molecule is CN1C=C(N2CCC(n3c(=O)[nH]c4ccccc43)CC2)CN(C)C1=O. The predicted octanol–water partition coefficient (Wildman–Crippen LogP) is 1.81. The first-order valence-electron chi connectivity index (χ1n) is 8.67. The number of nitrogens with one attached hydrogen (secondary N) is 1. The topological polar surface area (TPSA) is 64.6 Å². The van der Waals surface area contributed by atoms with Crippen LogP contribution in [0.15, 0.2) is 41.0 Å². The Morgan fingerprint density at radius 2 is 1.80 bits per heavy atom. The number of fused-ring (bicyclic) bond motifs is 1. The van der Waals surface area contributed by atoms with Gasteiger partial charge in [-0.25, -0.2) is 9.59 Å². The Hall–Kier alpha value is -2.70. The number of carbonyl (C=O) groups excluding carboxylic acids is 1. The Bertz CT molecular complexity index is 888. The molecular formula is C18H23N5O2. The molecule has 2 aromatic rings. The van der Waals surface area contributed by atoms with Crippen LogP contribution in [-0.2, 0) is 0 Å². The van der Waals surface area contributed by atoms with E-state index in [9.17, 15) is 9.59 Å². The van der Waals surface area contributed by atoms with E-state index < -0.39 is 0 Å². The number of hydrogen-bond donors (Lipinski definition) is 1. The first-order chi connectivity index (χ1) is 12.0. The molecule has 132 valence electrons. The summed E-state index contributed by atoms with van der Waals surface area (Å²) in [5.41, 5.74) is 3.01. The molecule has 25 heavy (non-hydrogen) atoms. The van der Waals surface area contributed by atoms with Crippen molar-refractivity contribution >= 4 is 17.1 Å². The van der Waals surface area contributed by atoms with Crippen molar-refractivity contribution in [2.24, 2.45) is 0 Å². The number of likely N-dealkylation sites (N-methyl/N-ethyl adjacent to an activating group) is 1. The average Bonchev–Trinajstić information content (AvgIpc) is 2.95. The van der Waals surface area contributed by atoms with Gasteiger partial charge in [0.15, 0.2) is 0 Å². The lowest BCUT2D eigenvalue weighted by Gasteiger charge is -2.39. The number of amides is 2. The molecular weight excluding hydrogens is 318 g/mol. The fourth-order valence-corrected chi connectivity index (χ4v) is 3.93. The van der Waals surface area contributed by atoms with Gasteiger partial charge in [0, 0.05) is 45.1 Å². The van der Waals surface area contributed by atoms with Crippen molar-refractivity contribution in [3.8, 4) is 0 Å². The van der Waals surface area contributed by atoms with E-state index in [4.69, 9.17) is 0 Å². The fourth-order valence-electron chi connectivity index (χ4n) is 3.93. The number of H-pyrrole nitrogens is 1. The van der Waals surface area contributed by atoms with E-state index in [0.29, 0.717) is 6.54 Å². The van der Waals surface area contributed by atoms with E-state index in [1.54, 1.807) is 16.8 Å².